The molecule has 3 heteroatoms. The van der Waals surface area contributed by atoms with E-state index in [1.165, 1.54) is 145 Å². The van der Waals surface area contributed by atoms with Crippen molar-refractivity contribution in [2.75, 3.05) is 23.0 Å². The van der Waals surface area contributed by atoms with E-state index in [9.17, 15) is 5.11 Å². The molecule has 0 fully saturated rings. The van der Waals surface area contributed by atoms with Crippen LogP contribution in [0.4, 0.5) is 0 Å². The minimum atomic E-state index is -0.0646. The molecule has 0 spiro atoms. The molecule has 0 amide bonds. The molecule has 0 saturated heterocycles. The van der Waals surface area contributed by atoms with Crippen molar-refractivity contribution in [3.05, 3.63) is 23.5 Å². The Labute approximate surface area is 235 Å². The first-order valence-electron chi connectivity index (χ1n) is 15.9. The fraction of sp³-hybridized carbons (Fsp3) is 0.879. The van der Waals surface area contributed by atoms with Crippen molar-refractivity contribution in [3.8, 4) is 0 Å². The highest BCUT2D eigenvalue weighted by molar-refractivity contribution is 7.99. The summed E-state index contributed by atoms with van der Waals surface area (Å²) in [5, 5.41) is 10.6. The Morgan fingerprint density at radius 2 is 1.03 bits per heavy atom. The van der Waals surface area contributed by atoms with Crippen LogP contribution in [0.25, 0.3) is 0 Å². The topological polar surface area (TPSA) is 20.2 Å². The third-order valence-electron chi connectivity index (χ3n) is 7.71. The van der Waals surface area contributed by atoms with Gasteiger partial charge in [0.25, 0.3) is 0 Å². The van der Waals surface area contributed by atoms with Gasteiger partial charge in [-0.05, 0) is 36.8 Å². The quantitative estimate of drug-likeness (QED) is 0.111. The van der Waals surface area contributed by atoms with Gasteiger partial charge >= 0.3 is 0 Å². The highest BCUT2D eigenvalue weighted by atomic mass is 32.2. The zero-order valence-corrected chi connectivity index (χ0v) is 26.2. The summed E-state index contributed by atoms with van der Waals surface area (Å²) in [5.41, 5.74) is 1.46. The smallest absolute Gasteiger partial charge is 0.0992 e. The normalized spacial score (nSPS) is 17.9. The Hall–Kier alpha value is -0.0200. The maximum atomic E-state index is 10.6. The summed E-state index contributed by atoms with van der Waals surface area (Å²) in [6.07, 6.45) is 33.4. The van der Waals surface area contributed by atoms with Gasteiger partial charge in [0.05, 0.1) is 5.76 Å². The van der Waals surface area contributed by atoms with Gasteiger partial charge in [0.2, 0.25) is 0 Å². The molecule has 1 nitrogen and oxygen atoms in total. The molecule has 0 heterocycles. The second kappa shape index (κ2) is 24.1. The van der Waals surface area contributed by atoms with Gasteiger partial charge in [-0.3, -0.25) is 0 Å². The molecule has 0 radical (unpaired) electrons. The summed E-state index contributed by atoms with van der Waals surface area (Å²) in [6.45, 7) is 6.85. The van der Waals surface area contributed by atoms with Crippen molar-refractivity contribution in [3.63, 3.8) is 0 Å². The number of unbranched alkanes of at least 4 members (excludes halogenated alkanes) is 18. The number of aliphatic hydroxyl groups excluding tert-OH is 1. The first-order chi connectivity index (χ1) is 17.6. The van der Waals surface area contributed by atoms with E-state index in [0.29, 0.717) is 5.76 Å². The van der Waals surface area contributed by atoms with Gasteiger partial charge in [-0.15, -0.1) is 0 Å². The number of thioether (sulfide) groups is 2. The lowest BCUT2D eigenvalue weighted by Gasteiger charge is -2.32. The largest absolute Gasteiger partial charge is 0.512 e. The van der Waals surface area contributed by atoms with Gasteiger partial charge < -0.3 is 5.11 Å². The second-order valence-electron chi connectivity index (χ2n) is 11.6. The van der Waals surface area contributed by atoms with Crippen LogP contribution in [0.1, 0.15) is 156 Å². The zero-order valence-electron chi connectivity index (χ0n) is 24.6. The lowest BCUT2D eigenvalue weighted by atomic mass is 9.80. The van der Waals surface area contributed by atoms with E-state index < -0.39 is 0 Å². The lowest BCUT2D eigenvalue weighted by molar-refractivity contribution is 0.257. The predicted molar refractivity (Wildman–Crippen MR) is 170 cm³/mol. The Balaban J connectivity index is 2.01. The van der Waals surface area contributed by atoms with Crippen molar-refractivity contribution >= 4 is 23.5 Å². The maximum Gasteiger partial charge on any atom is 0.0992 e. The number of rotatable bonds is 26. The van der Waals surface area contributed by atoms with E-state index in [1.54, 1.807) is 0 Å². The molecular weight excluding hydrogens is 476 g/mol. The number of hydrogen-bond acceptors (Lipinski definition) is 3. The number of allylic oxidation sites excluding steroid dienone is 3. The second-order valence-corrected chi connectivity index (χ2v) is 13.8. The highest BCUT2D eigenvalue weighted by Gasteiger charge is 2.32. The van der Waals surface area contributed by atoms with Crippen LogP contribution in [0.15, 0.2) is 23.5 Å². The third-order valence-corrected chi connectivity index (χ3v) is 10.3. The van der Waals surface area contributed by atoms with Crippen molar-refractivity contribution in [1.29, 1.82) is 0 Å². The van der Waals surface area contributed by atoms with E-state index in [1.807, 2.05) is 6.08 Å². The molecule has 1 atom stereocenters. The third kappa shape index (κ3) is 18.3. The monoisotopic (exact) mass is 538 g/mol. The summed E-state index contributed by atoms with van der Waals surface area (Å²) in [6, 6.07) is 0. The summed E-state index contributed by atoms with van der Waals surface area (Å²) in [5.74, 6) is 5.31. The SMILES string of the molecule is CCCCCCCCCCCCSCC1=CC=C(O)C(C)(CSCCCCCCCCCCCC)C1. The Morgan fingerprint density at radius 3 is 1.50 bits per heavy atom. The highest BCUT2D eigenvalue weighted by Crippen LogP contribution is 2.40. The summed E-state index contributed by atoms with van der Waals surface area (Å²) < 4.78 is 0. The Bertz CT molecular complexity index is 556. The van der Waals surface area contributed by atoms with Crippen LogP contribution < -0.4 is 0 Å². The minimum absolute atomic E-state index is 0.0646. The van der Waals surface area contributed by atoms with Gasteiger partial charge in [-0.25, -0.2) is 0 Å². The van der Waals surface area contributed by atoms with Crippen molar-refractivity contribution in [2.24, 2.45) is 5.41 Å². The van der Waals surface area contributed by atoms with Gasteiger partial charge in [-0.2, -0.15) is 23.5 Å². The Kier molecular flexibility index (Phi) is 22.7. The average molecular weight is 539 g/mol. The lowest BCUT2D eigenvalue weighted by Crippen LogP contribution is -2.26. The molecule has 212 valence electrons. The van der Waals surface area contributed by atoms with Crippen LogP contribution >= 0.6 is 23.5 Å². The molecule has 1 unspecified atom stereocenters. The molecular formula is C33H62OS2. The van der Waals surface area contributed by atoms with E-state index >= 15 is 0 Å². The minimum Gasteiger partial charge on any atom is -0.512 e. The number of aliphatic hydroxyl groups is 1. The van der Waals surface area contributed by atoms with E-state index in [-0.39, 0.29) is 5.41 Å². The molecule has 0 aromatic rings. The molecule has 0 bridgehead atoms. The zero-order chi connectivity index (χ0) is 26.2. The van der Waals surface area contributed by atoms with E-state index in [0.717, 1.165) is 17.9 Å². The van der Waals surface area contributed by atoms with Crippen molar-refractivity contribution < 1.29 is 5.11 Å². The Morgan fingerprint density at radius 1 is 0.611 bits per heavy atom. The standard InChI is InChI=1S/C33H62OS2/c1-4-6-8-10-12-14-16-18-20-22-26-35-29-31-24-25-32(34)33(3,28-31)30-36-27-23-21-19-17-15-13-11-9-7-5-2/h24-25,34H,4-23,26-30H2,1-3H3. The van der Waals surface area contributed by atoms with E-state index in [4.69, 9.17) is 0 Å². The molecule has 0 aromatic heterocycles. The molecule has 1 aliphatic rings. The summed E-state index contributed by atoms with van der Waals surface area (Å²) >= 11 is 4.15. The maximum absolute atomic E-state index is 10.6. The molecule has 0 aliphatic heterocycles. The fourth-order valence-electron chi connectivity index (χ4n) is 5.16. The van der Waals surface area contributed by atoms with Crippen LogP contribution in [0.3, 0.4) is 0 Å². The molecule has 1 aliphatic carbocycles. The molecule has 36 heavy (non-hydrogen) atoms. The molecule has 0 aromatic carbocycles. The molecule has 1 rings (SSSR count). The summed E-state index contributed by atoms with van der Waals surface area (Å²) in [4.78, 5) is 0. The molecule has 0 saturated carbocycles. The first-order valence-corrected chi connectivity index (χ1v) is 18.2. The van der Waals surface area contributed by atoms with Crippen LogP contribution in [-0.4, -0.2) is 28.1 Å². The van der Waals surface area contributed by atoms with E-state index in [2.05, 4.69) is 50.4 Å². The van der Waals surface area contributed by atoms with Gasteiger partial charge in [0, 0.05) is 16.9 Å². The number of hydrogen-bond donors (Lipinski definition) is 1. The first kappa shape index (κ1) is 34.0. The fourth-order valence-corrected chi connectivity index (χ4v) is 7.42. The van der Waals surface area contributed by atoms with Crippen LogP contribution in [-0.2, 0) is 0 Å². The molecule has 1 N–H and O–H groups in total. The van der Waals surface area contributed by atoms with Crippen molar-refractivity contribution in [2.45, 2.75) is 156 Å². The van der Waals surface area contributed by atoms with Crippen LogP contribution in [0.2, 0.25) is 0 Å². The van der Waals surface area contributed by atoms with Crippen molar-refractivity contribution in [1.82, 2.24) is 0 Å². The average Bonchev–Trinajstić information content (AvgIpc) is 2.87. The summed E-state index contributed by atoms with van der Waals surface area (Å²) in [7, 11) is 0. The van der Waals surface area contributed by atoms with Crippen LogP contribution in [0, 0.1) is 5.41 Å². The predicted octanol–water partition coefficient (Wildman–Crippen LogP) is 12.1. The van der Waals surface area contributed by atoms with Crippen LogP contribution in [0.5, 0.6) is 0 Å². The van der Waals surface area contributed by atoms with Gasteiger partial charge in [0.15, 0.2) is 0 Å². The van der Waals surface area contributed by atoms with Gasteiger partial charge in [-0.1, -0.05) is 148 Å². The van der Waals surface area contributed by atoms with Gasteiger partial charge in [0.1, 0.15) is 0 Å².